The first-order valence-electron chi connectivity index (χ1n) is 28.5. The van der Waals surface area contributed by atoms with Crippen LogP contribution in [-0.4, -0.2) is 23.5 Å². The van der Waals surface area contributed by atoms with Gasteiger partial charge >= 0.3 is 49.4 Å². The Labute approximate surface area is 506 Å². The predicted molar refractivity (Wildman–Crippen MR) is 290 cm³/mol. The second kappa shape index (κ2) is 30.6. The van der Waals surface area contributed by atoms with Gasteiger partial charge in [-0.3, -0.25) is 4.79 Å². The lowest BCUT2D eigenvalue weighted by Gasteiger charge is -2.46. The zero-order valence-electron chi connectivity index (χ0n) is 48.1. The summed E-state index contributed by atoms with van der Waals surface area (Å²) < 4.78 is 348. The van der Waals surface area contributed by atoms with Crippen LogP contribution in [0, 0.1) is 0 Å². The lowest BCUT2D eigenvalue weighted by Crippen LogP contribution is -2.75. The van der Waals surface area contributed by atoms with E-state index in [0.717, 1.165) is 12.0 Å². The molecule has 4 nitrogen and oxygen atoms in total. The number of alkyl halides is 24. The lowest BCUT2D eigenvalue weighted by atomic mass is 9.12. The summed E-state index contributed by atoms with van der Waals surface area (Å²) in [4.78, 5) is 16.6. The van der Waals surface area contributed by atoms with E-state index in [1.165, 1.54) is 96.3 Å². The first-order chi connectivity index (χ1) is 42.1. The number of aromatic nitrogens is 2. The van der Waals surface area contributed by atoms with Crippen LogP contribution in [-0.2, 0) is 56.0 Å². The van der Waals surface area contributed by atoms with Gasteiger partial charge in [-0.2, -0.15) is 132 Å². The van der Waals surface area contributed by atoms with Crippen molar-refractivity contribution in [2.24, 2.45) is 0 Å². The first kappa shape index (κ1) is 74.8. The maximum absolute atomic E-state index is 14.2. The second-order valence-electron chi connectivity index (χ2n) is 21.7. The van der Waals surface area contributed by atoms with Gasteiger partial charge < -0.3 is 4.74 Å². The van der Waals surface area contributed by atoms with Gasteiger partial charge in [-0.25, -0.2) is 4.98 Å². The van der Waals surface area contributed by atoms with Crippen LogP contribution in [0.1, 0.15) is 165 Å². The fourth-order valence-electron chi connectivity index (χ4n) is 10.4. The number of benzene rings is 5. The number of ether oxygens (including phenoxy) is 1. The molecule has 1 heterocycles. The predicted octanol–water partition coefficient (Wildman–Crippen LogP) is 19.1. The van der Waals surface area contributed by atoms with E-state index in [4.69, 9.17) is 4.74 Å². The highest BCUT2D eigenvalue weighted by molar-refractivity contribution is 7.20. The summed E-state index contributed by atoms with van der Waals surface area (Å²) in [5.74, 6) is 0.671. The molecule has 0 atom stereocenters. The number of Topliss-reactive ketones (excluding diaryl/α,β-unsaturated/α-hetero) is 1. The lowest BCUT2D eigenvalue weighted by molar-refractivity contribution is -0.684. The van der Waals surface area contributed by atoms with Gasteiger partial charge in [0.2, 0.25) is 18.5 Å². The number of unbranched alkanes of at least 4 members (excludes halogenated alkanes) is 15. The van der Waals surface area contributed by atoms with E-state index >= 15 is 0 Å². The Morgan fingerprint density at radius 3 is 0.912 bits per heavy atom. The molecule has 500 valence electrons. The molecule has 6 aromatic rings. The van der Waals surface area contributed by atoms with Crippen LogP contribution >= 0.6 is 0 Å². The molecule has 1 aromatic heterocycles. The summed E-state index contributed by atoms with van der Waals surface area (Å²) in [5, 5.41) is 0. The van der Waals surface area contributed by atoms with Gasteiger partial charge in [0.1, 0.15) is 6.15 Å². The normalized spacial score (nSPS) is 13.1. The average molecular weight is 1330 g/mol. The number of ketones is 1. The van der Waals surface area contributed by atoms with Gasteiger partial charge in [0.25, 0.3) is 5.88 Å². The van der Waals surface area contributed by atoms with Gasteiger partial charge in [-0.1, -0.05) is 182 Å². The summed E-state index contributed by atoms with van der Waals surface area (Å²) in [6.07, 6.45) is -27.6. The van der Waals surface area contributed by atoms with Crippen molar-refractivity contribution < 1.29 is 119 Å². The topological polar surface area (TPSA) is 43.1 Å². The van der Waals surface area contributed by atoms with Crippen LogP contribution in [0.15, 0.2) is 122 Å². The van der Waals surface area contributed by atoms with Crippen molar-refractivity contribution in [3.63, 3.8) is 0 Å². The Hall–Kier alpha value is -6.97. The third-order valence-corrected chi connectivity index (χ3v) is 14.8. The number of carbonyl (C=O) groups excluding carboxylic acids is 1. The van der Waals surface area contributed by atoms with Crippen molar-refractivity contribution in [1.29, 1.82) is 0 Å². The Kier molecular flexibility index (Phi) is 25.2. The fraction of sp³-hybridized carbons (Fsp3) is 0.435. The van der Waals surface area contributed by atoms with E-state index in [2.05, 4.69) is 11.9 Å². The number of hydrogen-bond donors (Lipinski definition) is 0. The molecule has 0 aliphatic carbocycles. The van der Waals surface area contributed by atoms with E-state index in [1.54, 1.807) is 6.20 Å². The zero-order valence-corrected chi connectivity index (χ0v) is 48.1. The number of hydrogen-bond acceptors (Lipinski definition) is 3. The Morgan fingerprint density at radius 1 is 0.385 bits per heavy atom. The molecule has 5 aromatic carbocycles. The first-order valence-corrected chi connectivity index (χ1v) is 28.5. The van der Waals surface area contributed by atoms with Crippen molar-refractivity contribution in [3.05, 3.63) is 172 Å². The Morgan fingerprint density at radius 2 is 0.648 bits per heavy atom. The van der Waals surface area contributed by atoms with Crippen molar-refractivity contribution in [1.82, 2.24) is 4.98 Å². The standard InChI is InChI=1S/C32H12BF24.C30H47N2O2/c34-25(35,36)13-1-14(26(37,38)39)6-21(5-13)33(22-7-15(27(40,41)42)2-16(8-22)28(43,44)45,23-9-17(29(46,47)48)3-18(10-23)30(49,50)51)24-11-19(31(52,53)54)4-20(12-24)32(55,56)57;1-2-3-4-5-6-7-8-9-10-11-12-13-14-15-16-20-25-34-30-27-32(24-23-31-30)26-29(33)28-21-18-17-19-22-28/h1-12H;17-19,21-24,27H,2-16,20,25-26H2,1H3/q-1;+1. The minimum atomic E-state index is -6.13. The Balaban J connectivity index is 0.000000377. The van der Waals surface area contributed by atoms with Gasteiger partial charge in [0, 0.05) is 5.56 Å². The molecule has 0 fully saturated rings. The summed E-state index contributed by atoms with van der Waals surface area (Å²) in [6.45, 7) is 3.26. The molecule has 0 N–H and O–H groups in total. The largest absolute Gasteiger partial charge is 0.473 e. The molecule has 0 saturated heterocycles. The molecule has 0 unspecified atom stereocenters. The molecule has 0 saturated carbocycles. The summed E-state index contributed by atoms with van der Waals surface area (Å²) in [7, 11) is 0. The van der Waals surface area contributed by atoms with Crippen molar-refractivity contribution in [2.75, 3.05) is 6.61 Å². The van der Waals surface area contributed by atoms with Crippen molar-refractivity contribution in [2.45, 2.75) is 166 Å². The van der Waals surface area contributed by atoms with E-state index in [-0.39, 0.29) is 5.78 Å². The maximum atomic E-state index is 14.2. The Bertz CT molecular complexity index is 2870. The minimum Gasteiger partial charge on any atom is -0.473 e. The second-order valence-corrected chi connectivity index (χ2v) is 21.7. The zero-order chi connectivity index (χ0) is 68.0. The molecular formula is C62H59BF24N2O2. The molecule has 0 amide bonds. The van der Waals surface area contributed by atoms with Gasteiger partial charge in [-0.15, -0.1) is 0 Å². The molecule has 0 aliphatic heterocycles. The average Bonchev–Trinajstić information content (AvgIpc) is 0.710. The van der Waals surface area contributed by atoms with Gasteiger partial charge in [0.05, 0.1) is 57.3 Å². The third-order valence-electron chi connectivity index (χ3n) is 14.8. The molecule has 6 rings (SSSR count). The molecule has 0 radical (unpaired) electrons. The maximum Gasteiger partial charge on any atom is 0.416 e. The van der Waals surface area contributed by atoms with Crippen LogP contribution in [0.5, 0.6) is 5.88 Å². The number of halogens is 24. The highest BCUT2D eigenvalue weighted by Gasteiger charge is 2.47. The van der Waals surface area contributed by atoms with Crippen molar-refractivity contribution in [3.8, 4) is 5.88 Å². The van der Waals surface area contributed by atoms with E-state index in [9.17, 15) is 110 Å². The monoisotopic (exact) mass is 1330 g/mol. The molecule has 0 spiro atoms. The smallest absolute Gasteiger partial charge is 0.416 e. The van der Waals surface area contributed by atoms with Crippen LogP contribution in [0.4, 0.5) is 105 Å². The van der Waals surface area contributed by atoms with E-state index in [0.29, 0.717) is 19.0 Å². The quantitative estimate of drug-likeness (QED) is 0.0189. The van der Waals surface area contributed by atoms with E-state index in [1.807, 2.05) is 47.3 Å². The van der Waals surface area contributed by atoms with Crippen LogP contribution in [0.25, 0.3) is 0 Å². The molecule has 0 aliphatic rings. The summed E-state index contributed by atoms with van der Waals surface area (Å²) in [6, 6.07) is 0.571. The van der Waals surface area contributed by atoms with Gasteiger partial charge in [0.15, 0.2) is 6.20 Å². The van der Waals surface area contributed by atoms with Gasteiger partial charge in [-0.05, 0) is 30.7 Å². The molecular weight excluding hydrogens is 1270 g/mol. The minimum absolute atomic E-state index is 0.0838. The highest BCUT2D eigenvalue weighted by atomic mass is 19.4. The number of rotatable bonds is 25. The number of nitrogens with zero attached hydrogens (tertiary/aromatic N) is 2. The van der Waals surface area contributed by atoms with E-state index < -0.39 is 195 Å². The molecule has 0 bridgehead atoms. The highest BCUT2D eigenvalue weighted by Crippen LogP contribution is 2.42. The third kappa shape index (κ3) is 21.8. The van der Waals surface area contributed by atoms with Crippen LogP contribution in [0.3, 0.4) is 0 Å². The van der Waals surface area contributed by atoms with Crippen molar-refractivity contribution >= 4 is 33.8 Å². The van der Waals surface area contributed by atoms with Crippen LogP contribution < -0.4 is 31.2 Å². The molecule has 91 heavy (non-hydrogen) atoms. The summed E-state index contributed by atoms with van der Waals surface area (Å²) >= 11 is 0. The number of carbonyl (C=O) groups is 1. The fourth-order valence-corrected chi connectivity index (χ4v) is 10.4. The SMILES string of the molecule is CCCCCCCCCCCCCCCCCCOc1c[n+](CC(=O)c2ccccc2)ccn1.FC(F)(F)c1cc([B-](c2cc(C(F)(F)F)cc(C(F)(F)F)c2)(c2cc(C(F)(F)F)cc(C(F)(F)F)c2)c2cc(C(F)(F)F)cc(C(F)(F)F)c2)cc(C(F)(F)F)c1. The molecule has 29 heteroatoms. The summed E-state index contributed by atoms with van der Waals surface area (Å²) in [5.41, 5.74) is -29.5. The van der Waals surface area contributed by atoms with Crippen LogP contribution in [0.2, 0.25) is 0 Å².